The number of hydrogen-bond donors (Lipinski definition) is 0. The maximum absolute atomic E-state index is 6.64. The molecule has 0 saturated heterocycles. The molecule has 0 aliphatic carbocycles. The number of benzene rings is 9. The molecule has 13 aromatic rings. The van der Waals surface area contributed by atoms with Crippen molar-refractivity contribution < 1.29 is 4.42 Å². The van der Waals surface area contributed by atoms with Gasteiger partial charge in [-0.3, -0.25) is 9.13 Å². The van der Waals surface area contributed by atoms with E-state index in [1.165, 1.54) is 0 Å². The van der Waals surface area contributed by atoms with E-state index in [2.05, 4.69) is 185 Å². The van der Waals surface area contributed by atoms with Gasteiger partial charge in [-0.2, -0.15) is 0 Å². The summed E-state index contributed by atoms with van der Waals surface area (Å²) in [6, 6.07) is 78.5. The number of pyridine rings is 1. The van der Waals surface area contributed by atoms with Crippen LogP contribution in [0.1, 0.15) is 0 Å². The first kappa shape index (κ1) is 36.8. The molecule has 0 spiro atoms. The van der Waals surface area contributed by atoms with Crippen LogP contribution in [0.25, 0.3) is 123 Å². The number of furan rings is 1. The van der Waals surface area contributed by atoms with Gasteiger partial charge in [0.15, 0.2) is 0 Å². The number of imidazole rings is 2. The van der Waals surface area contributed by atoms with Crippen molar-refractivity contribution in [3.05, 3.63) is 224 Å². The maximum atomic E-state index is 6.64. The molecule has 4 heterocycles. The van der Waals surface area contributed by atoms with Crippen molar-refractivity contribution in [1.29, 1.82) is 0 Å². The molecule has 0 amide bonds. The van der Waals surface area contributed by atoms with E-state index in [-0.39, 0.29) is 0 Å². The van der Waals surface area contributed by atoms with Crippen LogP contribution in [-0.4, -0.2) is 24.1 Å². The lowest BCUT2D eigenvalue weighted by Gasteiger charge is -2.15. The van der Waals surface area contributed by atoms with Gasteiger partial charge in [-0.15, -0.1) is 0 Å². The molecule has 0 aliphatic heterocycles. The quantitative estimate of drug-likeness (QED) is 0.160. The van der Waals surface area contributed by atoms with Gasteiger partial charge in [-0.25, -0.2) is 15.0 Å². The zero-order valence-electron chi connectivity index (χ0n) is 35.0. The van der Waals surface area contributed by atoms with Crippen molar-refractivity contribution in [1.82, 2.24) is 24.1 Å². The first-order valence-corrected chi connectivity index (χ1v) is 21.8. The SMILES string of the molecule is c1ccc(-c2nc3ccccc3n2-c2ccc(-c3cc(-c4ccc(-n5c(-c6ccccc6)nc6ccccc65)cc4)cc(-c4nc5ccccc5c5oc6ccccc6c45)c3)cc2)cc1. The molecule has 0 fully saturated rings. The van der Waals surface area contributed by atoms with E-state index >= 15 is 0 Å². The normalized spacial score (nSPS) is 11.7. The molecule has 0 radical (unpaired) electrons. The van der Waals surface area contributed by atoms with Crippen molar-refractivity contribution in [2.75, 3.05) is 0 Å². The Morgan fingerprint density at radius 3 is 1.32 bits per heavy atom. The number of fused-ring (bicyclic) bond motifs is 7. The van der Waals surface area contributed by atoms with Crippen LogP contribution >= 0.6 is 0 Å². The lowest BCUT2D eigenvalue weighted by molar-refractivity contribution is 0.672. The van der Waals surface area contributed by atoms with E-state index in [9.17, 15) is 0 Å². The van der Waals surface area contributed by atoms with Crippen LogP contribution in [0.15, 0.2) is 229 Å². The summed E-state index contributed by atoms with van der Waals surface area (Å²) in [7, 11) is 0. The number of hydrogen-bond acceptors (Lipinski definition) is 4. The van der Waals surface area contributed by atoms with Gasteiger partial charge < -0.3 is 4.42 Å². The molecule has 6 heteroatoms. The van der Waals surface area contributed by atoms with Gasteiger partial charge in [0, 0.05) is 38.8 Å². The molecule has 65 heavy (non-hydrogen) atoms. The fourth-order valence-corrected chi connectivity index (χ4v) is 9.46. The summed E-state index contributed by atoms with van der Waals surface area (Å²) in [5, 5.41) is 3.04. The number of nitrogens with zero attached hydrogens (tertiary/aromatic N) is 5. The van der Waals surface area contributed by atoms with Gasteiger partial charge >= 0.3 is 0 Å². The Labute approximate surface area is 374 Å². The molecular weight excluding hydrogens is 795 g/mol. The Morgan fingerprint density at radius 1 is 0.323 bits per heavy atom. The number of aromatic nitrogens is 5. The van der Waals surface area contributed by atoms with Crippen LogP contribution in [0.3, 0.4) is 0 Å². The summed E-state index contributed by atoms with van der Waals surface area (Å²) in [4.78, 5) is 15.6. The van der Waals surface area contributed by atoms with E-state index in [0.717, 1.165) is 123 Å². The van der Waals surface area contributed by atoms with Crippen molar-refractivity contribution in [3.63, 3.8) is 0 Å². The van der Waals surface area contributed by atoms with E-state index in [4.69, 9.17) is 19.4 Å². The Kier molecular flexibility index (Phi) is 8.42. The molecule has 6 nitrogen and oxygen atoms in total. The molecule has 0 N–H and O–H groups in total. The highest BCUT2D eigenvalue weighted by molar-refractivity contribution is 6.19. The zero-order chi connectivity index (χ0) is 42.8. The Bertz CT molecular complexity index is 3740. The first-order valence-electron chi connectivity index (χ1n) is 21.8. The van der Waals surface area contributed by atoms with Crippen LogP contribution in [0.4, 0.5) is 0 Å². The molecule has 0 aliphatic rings. The molecule has 0 bridgehead atoms. The molecule has 0 unspecified atom stereocenters. The Morgan fingerprint density at radius 2 is 0.769 bits per heavy atom. The zero-order valence-corrected chi connectivity index (χ0v) is 35.0. The third-order valence-corrected chi connectivity index (χ3v) is 12.5. The highest BCUT2D eigenvalue weighted by Crippen LogP contribution is 2.42. The van der Waals surface area contributed by atoms with Crippen molar-refractivity contribution in [3.8, 4) is 67.7 Å². The summed E-state index contributed by atoms with van der Waals surface area (Å²) in [6.07, 6.45) is 0. The van der Waals surface area contributed by atoms with Gasteiger partial charge in [0.25, 0.3) is 0 Å². The van der Waals surface area contributed by atoms with Crippen LogP contribution in [0.2, 0.25) is 0 Å². The third kappa shape index (κ3) is 6.15. The first-order chi connectivity index (χ1) is 32.2. The lowest BCUT2D eigenvalue weighted by atomic mass is 9.93. The van der Waals surface area contributed by atoms with Crippen molar-refractivity contribution in [2.45, 2.75) is 0 Å². The lowest BCUT2D eigenvalue weighted by Crippen LogP contribution is -1.98. The van der Waals surface area contributed by atoms with E-state index in [1.54, 1.807) is 0 Å². The highest BCUT2D eigenvalue weighted by atomic mass is 16.3. The summed E-state index contributed by atoms with van der Waals surface area (Å²) >= 11 is 0. The molecule has 304 valence electrons. The molecule has 9 aromatic carbocycles. The fraction of sp³-hybridized carbons (Fsp3) is 0. The molecular formula is C59H37N5O. The van der Waals surface area contributed by atoms with Gasteiger partial charge in [0.1, 0.15) is 22.8 Å². The molecule has 13 rings (SSSR count). The standard InChI is InChI=1S/C59H37N5O/c1-3-15-40(16-4-1)58-61-50-22-10-12-24-52(50)63(58)45-31-27-38(28-32-45)42-35-43(37-44(36-42)56-55-48-20-8-14-26-54(48)65-57(55)47-19-7-9-21-49(47)60-56)39-29-33-46(34-30-39)64-53-25-13-11-23-51(53)62-59(64)41-17-5-2-6-18-41/h1-37H. The largest absolute Gasteiger partial charge is 0.455 e. The van der Waals surface area contributed by atoms with E-state index < -0.39 is 0 Å². The third-order valence-electron chi connectivity index (χ3n) is 12.5. The van der Waals surface area contributed by atoms with Gasteiger partial charge in [0.2, 0.25) is 0 Å². The van der Waals surface area contributed by atoms with E-state index in [0.29, 0.717) is 0 Å². The van der Waals surface area contributed by atoms with Crippen LogP contribution in [0, 0.1) is 0 Å². The van der Waals surface area contributed by atoms with Crippen molar-refractivity contribution in [2.24, 2.45) is 0 Å². The van der Waals surface area contributed by atoms with Gasteiger partial charge in [0.05, 0.1) is 38.7 Å². The minimum absolute atomic E-state index is 0.841. The molecule has 4 aromatic heterocycles. The second-order valence-electron chi connectivity index (χ2n) is 16.4. The molecule has 0 atom stereocenters. The predicted molar refractivity (Wildman–Crippen MR) is 265 cm³/mol. The predicted octanol–water partition coefficient (Wildman–Crippen LogP) is 15.1. The number of rotatable bonds is 7. The minimum atomic E-state index is 0.841. The summed E-state index contributed by atoms with van der Waals surface area (Å²) < 4.78 is 11.2. The van der Waals surface area contributed by atoms with Crippen LogP contribution in [-0.2, 0) is 0 Å². The smallest absolute Gasteiger partial charge is 0.147 e. The average molecular weight is 832 g/mol. The average Bonchev–Trinajstić information content (AvgIpc) is 4.09. The number of para-hydroxylation sites is 6. The second kappa shape index (κ2) is 14.9. The Balaban J connectivity index is 0.990. The highest BCUT2D eigenvalue weighted by Gasteiger charge is 2.21. The van der Waals surface area contributed by atoms with Crippen molar-refractivity contribution >= 4 is 54.9 Å². The van der Waals surface area contributed by atoms with E-state index in [1.807, 2.05) is 48.5 Å². The van der Waals surface area contributed by atoms with Gasteiger partial charge in [-0.1, -0.05) is 140 Å². The fourth-order valence-electron chi connectivity index (χ4n) is 9.46. The Hall–Kier alpha value is -8.87. The van der Waals surface area contributed by atoms with Crippen LogP contribution < -0.4 is 0 Å². The summed E-state index contributed by atoms with van der Waals surface area (Å²) in [5.41, 5.74) is 17.0. The second-order valence-corrected chi connectivity index (χ2v) is 16.4. The monoisotopic (exact) mass is 831 g/mol. The van der Waals surface area contributed by atoms with Gasteiger partial charge in [-0.05, 0) is 107 Å². The maximum Gasteiger partial charge on any atom is 0.147 e. The minimum Gasteiger partial charge on any atom is -0.455 e. The summed E-state index contributed by atoms with van der Waals surface area (Å²) in [5.74, 6) is 1.82. The topological polar surface area (TPSA) is 61.7 Å². The van der Waals surface area contributed by atoms with Crippen LogP contribution in [0.5, 0.6) is 0 Å². The summed E-state index contributed by atoms with van der Waals surface area (Å²) in [6.45, 7) is 0. The molecule has 0 saturated carbocycles.